The molecule has 2 aromatic rings. The van der Waals surface area contributed by atoms with E-state index in [1.807, 2.05) is 0 Å². The molecule has 0 nitrogen and oxygen atoms in total. The van der Waals surface area contributed by atoms with Crippen LogP contribution in [0.4, 0.5) is 0 Å². The molecule has 0 heterocycles. The molecule has 0 aromatic heterocycles. The third kappa shape index (κ3) is 6.51. The van der Waals surface area contributed by atoms with Gasteiger partial charge in [-0.25, -0.2) is 0 Å². The SMILES string of the molecule is C.C.C.CC(C)(C)c1ccc(Cc2ccc(C(C)(C)C)cc2)cc1. The molecule has 0 saturated carbocycles. The van der Waals surface area contributed by atoms with Crippen LogP contribution in [0.15, 0.2) is 48.5 Å². The summed E-state index contributed by atoms with van der Waals surface area (Å²) < 4.78 is 0. The molecule has 136 valence electrons. The smallest absolute Gasteiger partial charge is 0.00258 e. The molecule has 0 amide bonds. The van der Waals surface area contributed by atoms with Gasteiger partial charge in [0.15, 0.2) is 0 Å². The maximum Gasteiger partial charge on any atom is -0.00258 e. The van der Waals surface area contributed by atoms with Crippen molar-refractivity contribution in [3.63, 3.8) is 0 Å². The predicted octanol–water partition coefficient (Wildman–Crippen LogP) is 7.78. The van der Waals surface area contributed by atoms with Gasteiger partial charge in [-0.1, -0.05) is 112 Å². The number of hydrogen-bond acceptors (Lipinski definition) is 0. The van der Waals surface area contributed by atoms with Gasteiger partial charge in [0.25, 0.3) is 0 Å². The largest absolute Gasteiger partial charge is 0.0776 e. The van der Waals surface area contributed by atoms with Crippen LogP contribution in [0.2, 0.25) is 0 Å². The number of hydrogen-bond donors (Lipinski definition) is 0. The van der Waals surface area contributed by atoms with Gasteiger partial charge in [0.2, 0.25) is 0 Å². The fourth-order valence-electron chi connectivity index (χ4n) is 2.48. The molecule has 0 spiro atoms. The van der Waals surface area contributed by atoms with Crippen LogP contribution in [0.25, 0.3) is 0 Å². The Morgan fingerprint density at radius 1 is 0.500 bits per heavy atom. The summed E-state index contributed by atoms with van der Waals surface area (Å²) in [4.78, 5) is 0. The van der Waals surface area contributed by atoms with E-state index >= 15 is 0 Å². The molecule has 24 heavy (non-hydrogen) atoms. The van der Waals surface area contributed by atoms with E-state index in [1.54, 1.807) is 0 Å². The Labute approximate surface area is 152 Å². The van der Waals surface area contributed by atoms with Crippen molar-refractivity contribution in [1.82, 2.24) is 0 Å². The van der Waals surface area contributed by atoms with Gasteiger partial charge in [0.1, 0.15) is 0 Å². The summed E-state index contributed by atoms with van der Waals surface area (Å²) in [7, 11) is 0. The molecule has 0 aliphatic heterocycles. The first kappa shape index (κ1) is 24.7. The molecule has 0 aliphatic carbocycles. The van der Waals surface area contributed by atoms with Crippen molar-refractivity contribution in [2.75, 3.05) is 0 Å². The monoisotopic (exact) mass is 328 g/mol. The summed E-state index contributed by atoms with van der Waals surface area (Å²) in [6.07, 6.45) is 1.01. The minimum atomic E-state index is 0. The molecular weight excluding hydrogens is 288 g/mol. The highest BCUT2D eigenvalue weighted by Crippen LogP contribution is 2.24. The second-order valence-electron chi connectivity index (χ2n) is 8.07. The summed E-state index contributed by atoms with van der Waals surface area (Å²) in [6, 6.07) is 18.1. The van der Waals surface area contributed by atoms with E-state index in [4.69, 9.17) is 0 Å². The van der Waals surface area contributed by atoms with Gasteiger partial charge in [-0.3, -0.25) is 0 Å². The highest BCUT2D eigenvalue weighted by atomic mass is 14.2. The van der Waals surface area contributed by atoms with Crippen molar-refractivity contribution in [1.29, 1.82) is 0 Å². The lowest BCUT2D eigenvalue weighted by Gasteiger charge is -2.20. The standard InChI is InChI=1S/C21H28.3CH4/c1-20(2,3)18-11-7-16(8-12-18)15-17-9-13-19(14-10-17)21(4,5)6;;;/h7-14H,15H2,1-6H3;3*1H4. The van der Waals surface area contributed by atoms with Crippen LogP contribution in [0, 0.1) is 0 Å². The van der Waals surface area contributed by atoms with E-state index in [0.29, 0.717) is 0 Å². The lowest BCUT2D eigenvalue weighted by molar-refractivity contribution is 0.590. The van der Waals surface area contributed by atoms with Crippen molar-refractivity contribution in [3.8, 4) is 0 Å². The molecule has 0 saturated heterocycles. The summed E-state index contributed by atoms with van der Waals surface area (Å²) in [5, 5.41) is 0. The Morgan fingerprint density at radius 3 is 0.958 bits per heavy atom. The first-order valence-corrected chi connectivity index (χ1v) is 7.85. The molecule has 0 unspecified atom stereocenters. The second kappa shape index (κ2) is 9.06. The molecular formula is C24H40. The van der Waals surface area contributed by atoms with Gasteiger partial charge >= 0.3 is 0 Å². The predicted molar refractivity (Wildman–Crippen MR) is 113 cm³/mol. The van der Waals surface area contributed by atoms with Gasteiger partial charge in [-0.15, -0.1) is 0 Å². The number of benzene rings is 2. The zero-order valence-electron chi connectivity index (χ0n) is 14.3. The highest BCUT2D eigenvalue weighted by Gasteiger charge is 2.14. The van der Waals surface area contributed by atoms with E-state index < -0.39 is 0 Å². The molecule has 0 heteroatoms. The van der Waals surface area contributed by atoms with Crippen LogP contribution in [-0.2, 0) is 17.3 Å². The Hall–Kier alpha value is -1.56. The van der Waals surface area contributed by atoms with Crippen LogP contribution in [-0.4, -0.2) is 0 Å². The minimum Gasteiger partial charge on any atom is -0.0776 e. The van der Waals surface area contributed by atoms with Gasteiger partial charge in [-0.05, 0) is 39.5 Å². The summed E-state index contributed by atoms with van der Waals surface area (Å²) >= 11 is 0. The fraction of sp³-hybridized carbons (Fsp3) is 0.500. The third-order valence-electron chi connectivity index (χ3n) is 4.05. The molecule has 2 aromatic carbocycles. The molecule has 0 atom stereocenters. The molecule has 0 bridgehead atoms. The first-order chi connectivity index (χ1) is 9.66. The highest BCUT2D eigenvalue weighted by molar-refractivity contribution is 5.33. The Kier molecular flexibility index (Phi) is 9.32. The van der Waals surface area contributed by atoms with Crippen LogP contribution < -0.4 is 0 Å². The first-order valence-electron chi connectivity index (χ1n) is 7.85. The third-order valence-corrected chi connectivity index (χ3v) is 4.05. The Morgan fingerprint density at radius 2 is 0.750 bits per heavy atom. The quantitative estimate of drug-likeness (QED) is 0.528. The van der Waals surface area contributed by atoms with Crippen molar-refractivity contribution < 1.29 is 0 Å². The summed E-state index contributed by atoms with van der Waals surface area (Å²) in [5.41, 5.74) is 6.02. The van der Waals surface area contributed by atoms with Crippen LogP contribution in [0.5, 0.6) is 0 Å². The second-order valence-corrected chi connectivity index (χ2v) is 8.07. The fourth-order valence-corrected chi connectivity index (χ4v) is 2.48. The van der Waals surface area contributed by atoms with E-state index in [2.05, 4.69) is 90.1 Å². The van der Waals surface area contributed by atoms with E-state index in [-0.39, 0.29) is 33.1 Å². The topological polar surface area (TPSA) is 0 Å². The lowest BCUT2D eigenvalue weighted by Crippen LogP contribution is -2.11. The van der Waals surface area contributed by atoms with Crippen molar-refractivity contribution >= 4 is 0 Å². The Balaban J connectivity index is 0. The number of rotatable bonds is 2. The van der Waals surface area contributed by atoms with E-state index in [0.717, 1.165) is 6.42 Å². The van der Waals surface area contributed by atoms with Gasteiger partial charge in [-0.2, -0.15) is 0 Å². The molecule has 0 fully saturated rings. The van der Waals surface area contributed by atoms with E-state index in [1.165, 1.54) is 22.3 Å². The summed E-state index contributed by atoms with van der Waals surface area (Å²) in [5.74, 6) is 0. The molecule has 2 rings (SSSR count). The van der Waals surface area contributed by atoms with Crippen LogP contribution in [0.3, 0.4) is 0 Å². The lowest BCUT2D eigenvalue weighted by atomic mass is 9.85. The normalized spacial score (nSPS) is 10.9. The van der Waals surface area contributed by atoms with Gasteiger partial charge < -0.3 is 0 Å². The van der Waals surface area contributed by atoms with Gasteiger partial charge in [0.05, 0.1) is 0 Å². The molecule has 0 aliphatic rings. The van der Waals surface area contributed by atoms with Crippen LogP contribution >= 0.6 is 0 Å². The van der Waals surface area contributed by atoms with E-state index in [9.17, 15) is 0 Å². The maximum atomic E-state index is 2.26. The zero-order chi connectivity index (χ0) is 15.7. The van der Waals surface area contributed by atoms with Crippen LogP contribution in [0.1, 0.15) is 86.1 Å². The van der Waals surface area contributed by atoms with Crippen molar-refractivity contribution in [2.45, 2.75) is 81.1 Å². The summed E-state index contributed by atoms with van der Waals surface area (Å²) in [6.45, 7) is 13.5. The zero-order valence-corrected chi connectivity index (χ0v) is 14.3. The maximum absolute atomic E-state index is 2.26. The van der Waals surface area contributed by atoms with Crippen molar-refractivity contribution in [2.24, 2.45) is 0 Å². The minimum absolute atomic E-state index is 0. The van der Waals surface area contributed by atoms with Gasteiger partial charge in [0, 0.05) is 0 Å². The Bertz CT molecular complexity index is 516. The molecule has 0 radical (unpaired) electrons. The van der Waals surface area contributed by atoms with Crippen molar-refractivity contribution in [3.05, 3.63) is 70.8 Å². The average molecular weight is 329 g/mol. The average Bonchev–Trinajstić information content (AvgIpc) is 2.38. The molecule has 0 N–H and O–H groups in total.